The van der Waals surface area contributed by atoms with Crippen molar-refractivity contribution in [3.63, 3.8) is 0 Å². The maximum absolute atomic E-state index is 12.5. The van der Waals surface area contributed by atoms with Crippen molar-refractivity contribution < 1.29 is 9.50 Å². The van der Waals surface area contributed by atoms with Crippen LogP contribution in [0.3, 0.4) is 0 Å². The molecule has 0 aliphatic carbocycles. The highest BCUT2D eigenvalue weighted by Gasteiger charge is 2.04. The molecule has 0 unspecified atom stereocenters. The maximum Gasteiger partial charge on any atom is 0.149 e. The van der Waals surface area contributed by atoms with Crippen LogP contribution in [0.2, 0.25) is 0 Å². The Morgan fingerprint density at radius 3 is 2.60 bits per heavy atom. The molecular formula is C7H8FNO. The predicted octanol–water partition coefficient (Wildman–Crippen LogP) is 1.42. The molecule has 3 N–H and O–H groups in total. The normalized spacial score (nSPS) is 9.80. The summed E-state index contributed by atoms with van der Waals surface area (Å²) in [6.07, 6.45) is 0. The van der Waals surface area contributed by atoms with Crippen molar-refractivity contribution in [3.8, 4) is 5.75 Å². The van der Waals surface area contributed by atoms with Gasteiger partial charge in [0, 0.05) is 0 Å². The second kappa shape index (κ2) is 2.17. The Morgan fingerprint density at radius 1 is 1.50 bits per heavy atom. The maximum atomic E-state index is 12.5. The average Bonchev–Trinajstić information content (AvgIpc) is 1.93. The third-order valence-electron chi connectivity index (χ3n) is 1.37. The van der Waals surface area contributed by atoms with Crippen molar-refractivity contribution in [2.45, 2.75) is 6.92 Å². The lowest BCUT2D eigenvalue weighted by Gasteiger charge is -2.01. The number of phenols is 1. The van der Waals surface area contributed by atoms with Crippen molar-refractivity contribution in [1.82, 2.24) is 0 Å². The van der Waals surface area contributed by atoms with Crippen LogP contribution in [0.15, 0.2) is 12.1 Å². The summed E-state index contributed by atoms with van der Waals surface area (Å²) in [6.45, 7) is 1.66. The molecule has 1 rings (SSSR count). The number of hydrogen-bond donors (Lipinski definition) is 2. The third-order valence-corrected chi connectivity index (χ3v) is 1.37. The first-order valence-corrected chi connectivity index (χ1v) is 2.86. The Labute approximate surface area is 58.1 Å². The molecule has 2 nitrogen and oxygen atoms in total. The third kappa shape index (κ3) is 0.900. The summed E-state index contributed by atoms with van der Waals surface area (Å²) in [6, 6.07) is 2.70. The SMILES string of the molecule is Cc1ccc(F)c(N)c1O. The summed E-state index contributed by atoms with van der Waals surface area (Å²) >= 11 is 0. The number of halogens is 1. The first kappa shape index (κ1) is 6.86. The van der Waals surface area contributed by atoms with Crippen LogP contribution in [0.5, 0.6) is 5.75 Å². The lowest BCUT2D eigenvalue weighted by molar-refractivity contribution is 0.468. The van der Waals surface area contributed by atoms with Crippen LogP contribution in [0.1, 0.15) is 5.56 Å². The van der Waals surface area contributed by atoms with Crippen LogP contribution < -0.4 is 5.73 Å². The summed E-state index contributed by atoms with van der Waals surface area (Å²) in [5.74, 6) is -0.747. The molecule has 0 aliphatic rings. The molecule has 10 heavy (non-hydrogen) atoms. The minimum Gasteiger partial charge on any atom is -0.505 e. The molecular weight excluding hydrogens is 133 g/mol. The Hall–Kier alpha value is -1.25. The van der Waals surface area contributed by atoms with E-state index in [1.54, 1.807) is 6.92 Å². The van der Waals surface area contributed by atoms with Gasteiger partial charge in [0.2, 0.25) is 0 Å². The van der Waals surface area contributed by atoms with Crippen LogP contribution in [0.4, 0.5) is 10.1 Å². The topological polar surface area (TPSA) is 46.2 Å². The molecule has 0 fully saturated rings. The molecule has 0 radical (unpaired) electrons. The van der Waals surface area contributed by atoms with Crippen LogP contribution in [-0.2, 0) is 0 Å². The number of phenolic OH excluding ortho intramolecular Hbond substituents is 1. The van der Waals surface area contributed by atoms with Gasteiger partial charge in [0.15, 0.2) is 0 Å². The smallest absolute Gasteiger partial charge is 0.149 e. The monoisotopic (exact) mass is 141 g/mol. The quantitative estimate of drug-likeness (QED) is 0.424. The van der Waals surface area contributed by atoms with Gasteiger partial charge in [-0.3, -0.25) is 0 Å². The van der Waals surface area contributed by atoms with Gasteiger partial charge in [0.25, 0.3) is 0 Å². The van der Waals surface area contributed by atoms with Gasteiger partial charge in [0.1, 0.15) is 17.3 Å². The summed E-state index contributed by atoms with van der Waals surface area (Å²) in [7, 11) is 0. The zero-order valence-electron chi connectivity index (χ0n) is 5.56. The van der Waals surface area contributed by atoms with Gasteiger partial charge in [-0.1, -0.05) is 6.07 Å². The van der Waals surface area contributed by atoms with Crippen LogP contribution >= 0.6 is 0 Å². The summed E-state index contributed by atoms with van der Waals surface area (Å²) in [4.78, 5) is 0. The standard InChI is InChI=1S/C7H8FNO/c1-4-2-3-5(8)6(9)7(4)10/h2-3,10H,9H2,1H3. The lowest BCUT2D eigenvalue weighted by Crippen LogP contribution is -1.91. The first-order chi connectivity index (χ1) is 4.63. The van der Waals surface area contributed by atoms with Crippen molar-refractivity contribution in [1.29, 1.82) is 0 Å². The fraction of sp³-hybridized carbons (Fsp3) is 0.143. The van der Waals surface area contributed by atoms with Crippen molar-refractivity contribution in [2.75, 3.05) is 5.73 Å². The number of benzene rings is 1. The van der Waals surface area contributed by atoms with E-state index in [2.05, 4.69) is 0 Å². The Balaban J connectivity index is 3.34. The van der Waals surface area contributed by atoms with Crippen LogP contribution in [0, 0.1) is 12.7 Å². The number of anilines is 1. The highest BCUT2D eigenvalue weighted by atomic mass is 19.1. The van der Waals surface area contributed by atoms with Crippen molar-refractivity contribution in [2.24, 2.45) is 0 Å². The van der Waals surface area contributed by atoms with Crippen molar-refractivity contribution in [3.05, 3.63) is 23.5 Å². The second-order valence-electron chi connectivity index (χ2n) is 2.13. The largest absolute Gasteiger partial charge is 0.505 e. The Morgan fingerprint density at radius 2 is 2.10 bits per heavy atom. The molecule has 0 heterocycles. The van der Waals surface area contributed by atoms with Gasteiger partial charge >= 0.3 is 0 Å². The van der Waals surface area contributed by atoms with E-state index >= 15 is 0 Å². The van der Waals surface area contributed by atoms with Gasteiger partial charge in [-0.25, -0.2) is 4.39 Å². The van der Waals surface area contributed by atoms with Gasteiger partial charge in [0.05, 0.1) is 0 Å². The van der Waals surface area contributed by atoms with Crippen LogP contribution in [-0.4, -0.2) is 5.11 Å². The molecule has 54 valence electrons. The molecule has 0 spiro atoms. The number of hydrogen-bond acceptors (Lipinski definition) is 2. The van der Waals surface area contributed by atoms with Crippen molar-refractivity contribution >= 4 is 5.69 Å². The molecule has 3 heteroatoms. The highest BCUT2D eigenvalue weighted by Crippen LogP contribution is 2.26. The van der Waals surface area contributed by atoms with E-state index in [0.29, 0.717) is 5.56 Å². The van der Waals surface area contributed by atoms with E-state index in [0.717, 1.165) is 0 Å². The molecule has 0 atom stereocenters. The Kier molecular flexibility index (Phi) is 1.49. The number of nitrogens with two attached hydrogens (primary N) is 1. The van der Waals surface area contributed by atoms with E-state index in [9.17, 15) is 4.39 Å². The summed E-state index contributed by atoms with van der Waals surface area (Å²) in [5.41, 5.74) is 5.56. The zero-order chi connectivity index (χ0) is 7.72. The molecule has 0 aliphatic heterocycles. The average molecular weight is 141 g/mol. The molecule has 0 bridgehead atoms. The molecule has 1 aromatic rings. The number of aromatic hydroxyl groups is 1. The Bertz CT molecular complexity index is 233. The molecule has 1 aromatic carbocycles. The summed E-state index contributed by atoms with van der Waals surface area (Å²) < 4.78 is 12.5. The van der Waals surface area contributed by atoms with Gasteiger partial charge in [-0.15, -0.1) is 0 Å². The number of aryl methyl sites for hydroxylation is 1. The first-order valence-electron chi connectivity index (χ1n) is 2.86. The van der Waals surface area contributed by atoms with Gasteiger partial charge < -0.3 is 10.8 Å². The lowest BCUT2D eigenvalue weighted by atomic mass is 10.2. The van der Waals surface area contributed by atoms with E-state index in [1.807, 2.05) is 0 Å². The molecule has 0 aromatic heterocycles. The van der Waals surface area contributed by atoms with Gasteiger partial charge in [-0.2, -0.15) is 0 Å². The summed E-state index contributed by atoms with van der Waals surface area (Å²) in [5, 5.41) is 9.02. The van der Waals surface area contributed by atoms with Gasteiger partial charge in [-0.05, 0) is 18.6 Å². The fourth-order valence-electron chi connectivity index (χ4n) is 0.692. The predicted molar refractivity (Wildman–Crippen MR) is 37.2 cm³/mol. The van der Waals surface area contributed by atoms with Crippen LogP contribution in [0.25, 0.3) is 0 Å². The molecule has 0 amide bonds. The van der Waals surface area contributed by atoms with E-state index < -0.39 is 5.82 Å². The number of nitrogen functional groups attached to an aromatic ring is 1. The fourth-order valence-corrected chi connectivity index (χ4v) is 0.692. The number of rotatable bonds is 0. The highest BCUT2D eigenvalue weighted by molar-refractivity contribution is 5.56. The van der Waals surface area contributed by atoms with E-state index in [4.69, 9.17) is 10.8 Å². The molecule has 0 saturated carbocycles. The van der Waals surface area contributed by atoms with E-state index in [-0.39, 0.29) is 11.4 Å². The molecule has 0 saturated heterocycles. The minimum absolute atomic E-state index is 0.167. The van der Waals surface area contributed by atoms with E-state index in [1.165, 1.54) is 12.1 Å². The second-order valence-corrected chi connectivity index (χ2v) is 2.13. The zero-order valence-corrected chi connectivity index (χ0v) is 5.56. The minimum atomic E-state index is -0.580.